The van der Waals surface area contributed by atoms with Gasteiger partial charge in [-0.25, -0.2) is 9.40 Å². The van der Waals surface area contributed by atoms with Crippen molar-refractivity contribution in [2.75, 3.05) is 45.9 Å². The molecule has 2 fully saturated rings. The van der Waals surface area contributed by atoms with Gasteiger partial charge in [-0.1, -0.05) is 24.3 Å². The molecule has 0 unspecified atom stereocenters. The van der Waals surface area contributed by atoms with Gasteiger partial charge in [0.05, 0.1) is 29.8 Å². The Balaban J connectivity index is 1.35. The number of ether oxygens (including phenoxy) is 1. The van der Waals surface area contributed by atoms with Gasteiger partial charge in [0.15, 0.2) is 0 Å². The molecule has 5 rings (SSSR count). The lowest BCUT2D eigenvalue weighted by atomic mass is 10.0. The number of hydrogen-bond acceptors (Lipinski definition) is 6. The fourth-order valence-corrected chi connectivity index (χ4v) is 5.22. The Morgan fingerprint density at radius 2 is 1.94 bits per heavy atom. The molecule has 2 aromatic rings. The Labute approximate surface area is 202 Å². The lowest BCUT2D eigenvalue weighted by Crippen LogP contribution is -2.47. The monoisotopic (exact) mass is 484 g/mol. The lowest BCUT2D eigenvalue weighted by molar-refractivity contribution is -0.142. The van der Waals surface area contributed by atoms with Gasteiger partial charge in [-0.2, -0.15) is 5.10 Å². The zero-order valence-corrected chi connectivity index (χ0v) is 19.9. The van der Waals surface area contributed by atoms with Crippen molar-refractivity contribution in [3.8, 4) is 0 Å². The van der Waals surface area contributed by atoms with E-state index >= 15 is 0 Å². The molecule has 0 spiro atoms. The third-order valence-corrected chi connectivity index (χ3v) is 7.51. The summed E-state index contributed by atoms with van der Waals surface area (Å²) in [7, 11) is 0. The minimum Gasteiger partial charge on any atom is -0.379 e. The first-order chi connectivity index (χ1) is 16.6. The van der Waals surface area contributed by atoms with Crippen molar-refractivity contribution < 1.29 is 18.7 Å². The van der Waals surface area contributed by atoms with Crippen molar-refractivity contribution in [2.24, 2.45) is 11.0 Å². The summed E-state index contributed by atoms with van der Waals surface area (Å²) in [5.74, 6) is -0.587. The Morgan fingerprint density at radius 3 is 2.65 bits per heavy atom. The minimum atomic E-state index is -0.525. The van der Waals surface area contributed by atoms with E-state index in [2.05, 4.69) is 10.0 Å². The van der Waals surface area contributed by atoms with Gasteiger partial charge in [0.2, 0.25) is 5.91 Å². The standard InChI is InChI=1S/C25H29FN4O3S/c26-20-5-2-1-4-19(20)22-16-21(23-6-3-15-34-23)27-30(22)24(31)17-29(25(32)18-7-8-18)10-9-28-11-13-33-14-12-28/h1-6,15,18,22H,7-14,16-17H2/t22-/m0/s1. The first kappa shape index (κ1) is 23.1. The van der Waals surface area contributed by atoms with E-state index in [4.69, 9.17) is 4.74 Å². The molecular weight excluding hydrogens is 455 g/mol. The SMILES string of the molecule is O=C(C1CC1)N(CCN1CCOCC1)CC(=O)N1N=C(c2cccs2)C[C@H]1c1ccccc1F. The van der Waals surface area contributed by atoms with Crippen LogP contribution >= 0.6 is 11.3 Å². The summed E-state index contributed by atoms with van der Waals surface area (Å²) in [6.45, 7) is 4.18. The fourth-order valence-electron chi connectivity index (χ4n) is 4.50. The van der Waals surface area contributed by atoms with Crippen LogP contribution in [0.5, 0.6) is 0 Å². The van der Waals surface area contributed by atoms with Crippen molar-refractivity contribution in [3.63, 3.8) is 0 Å². The fraction of sp³-hybridized carbons (Fsp3) is 0.480. The quantitative estimate of drug-likeness (QED) is 0.578. The van der Waals surface area contributed by atoms with E-state index in [1.807, 2.05) is 17.5 Å². The highest BCUT2D eigenvalue weighted by atomic mass is 32.1. The van der Waals surface area contributed by atoms with E-state index in [9.17, 15) is 14.0 Å². The number of nitrogens with zero attached hydrogens (tertiary/aromatic N) is 4. The number of morpholine rings is 1. The van der Waals surface area contributed by atoms with Crippen molar-refractivity contribution in [1.29, 1.82) is 0 Å². The maximum Gasteiger partial charge on any atom is 0.262 e. The molecule has 0 radical (unpaired) electrons. The van der Waals surface area contributed by atoms with Gasteiger partial charge in [0, 0.05) is 44.1 Å². The molecule has 3 aliphatic rings. The number of rotatable bonds is 8. The van der Waals surface area contributed by atoms with E-state index in [0.717, 1.165) is 36.5 Å². The van der Waals surface area contributed by atoms with Crippen LogP contribution in [0.2, 0.25) is 0 Å². The smallest absolute Gasteiger partial charge is 0.262 e. The molecule has 180 valence electrons. The van der Waals surface area contributed by atoms with Crippen LogP contribution < -0.4 is 0 Å². The van der Waals surface area contributed by atoms with Crippen LogP contribution in [0.3, 0.4) is 0 Å². The van der Waals surface area contributed by atoms with Crippen LogP contribution in [0.1, 0.15) is 35.7 Å². The average Bonchev–Trinajstić information content (AvgIpc) is 3.37. The largest absolute Gasteiger partial charge is 0.379 e. The molecule has 0 N–H and O–H groups in total. The van der Waals surface area contributed by atoms with Crippen molar-refractivity contribution in [3.05, 3.63) is 58.0 Å². The Bertz CT molecular complexity index is 1050. The molecule has 2 amide bonds. The Kier molecular flexibility index (Phi) is 7.03. The highest BCUT2D eigenvalue weighted by Crippen LogP contribution is 2.35. The number of carbonyl (C=O) groups is 2. The topological polar surface area (TPSA) is 65.5 Å². The maximum absolute atomic E-state index is 14.7. The van der Waals surface area contributed by atoms with Gasteiger partial charge in [-0.05, 0) is 30.4 Å². The van der Waals surface area contributed by atoms with E-state index in [1.54, 1.807) is 34.4 Å². The van der Waals surface area contributed by atoms with Crippen LogP contribution in [-0.4, -0.2) is 78.3 Å². The molecule has 1 aromatic carbocycles. The zero-order chi connectivity index (χ0) is 23.5. The number of halogens is 1. The summed E-state index contributed by atoms with van der Waals surface area (Å²) in [5.41, 5.74) is 1.21. The lowest BCUT2D eigenvalue weighted by Gasteiger charge is -2.31. The molecule has 1 aromatic heterocycles. The molecule has 34 heavy (non-hydrogen) atoms. The molecule has 7 nitrogen and oxygen atoms in total. The second-order valence-electron chi connectivity index (χ2n) is 8.99. The predicted octanol–water partition coefficient (Wildman–Crippen LogP) is 3.14. The molecule has 3 heterocycles. The summed E-state index contributed by atoms with van der Waals surface area (Å²) >= 11 is 1.55. The van der Waals surface area contributed by atoms with Crippen molar-refractivity contribution >= 4 is 28.9 Å². The molecule has 0 bridgehead atoms. The van der Waals surface area contributed by atoms with Gasteiger partial charge in [-0.15, -0.1) is 11.3 Å². The second-order valence-corrected chi connectivity index (χ2v) is 9.94. The van der Waals surface area contributed by atoms with Crippen LogP contribution in [0.25, 0.3) is 0 Å². The molecule has 9 heteroatoms. The second kappa shape index (κ2) is 10.3. The first-order valence-electron chi connectivity index (χ1n) is 11.9. The van der Waals surface area contributed by atoms with E-state index in [0.29, 0.717) is 38.3 Å². The van der Waals surface area contributed by atoms with Crippen LogP contribution in [0, 0.1) is 11.7 Å². The Hall–Kier alpha value is -2.62. The number of hydrazone groups is 1. The van der Waals surface area contributed by atoms with Gasteiger partial charge < -0.3 is 9.64 Å². The minimum absolute atomic E-state index is 0.0172. The van der Waals surface area contributed by atoms with Crippen molar-refractivity contribution in [1.82, 2.24) is 14.8 Å². The maximum atomic E-state index is 14.7. The summed E-state index contributed by atoms with van der Waals surface area (Å²) in [6.07, 6.45) is 2.20. The number of benzene rings is 1. The molecule has 1 saturated heterocycles. The third-order valence-electron chi connectivity index (χ3n) is 6.59. The zero-order valence-electron chi connectivity index (χ0n) is 19.1. The summed E-state index contributed by atoms with van der Waals surface area (Å²) in [5, 5.41) is 7.99. The van der Waals surface area contributed by atoms with Gasteiger partial charge in [0.25, 0.3) is 5.91 Å². The highest BCUT2D eigenvalue weighted by molar-refractivity contribution is 7.12. The van der Waals surface area contributed by atoms with E-state index < -0.39 is 6.04 Å². The van der Waals surface area contributed by atoms with E-state index in [1.165, 1.54) is 11.1 Å². The van der Waals surface area contributed by atoms with Crippen molar-refractivity contribution in [2.45, 2.75) is 25.3 Å². The highest BCUT2D eigenvalue weighted by Gasteiger charge is 2.38. The summed E-state index contributed by atoms with van der Waals surface area (Å²) < 4.78 is 20.1. The van der Waals surface area contributed by atoms with E-state index in [-0.39, 0.29) is 30.1 Å². The predicted molar refractivity (Wildman–Crippen MR) is 128 cm³/mol. The number of amides is 2. The molecule has 2 aliphatic heterocycles. The van der Waals surface area contributed by atoms with Crippen LogP contribution in [0.4, 0.5) is 4.39 Å². The summed E-state index contributed by atoms with van der Waals surface area (Å²) in [4.78, 5) is 31.4. The van der Waals surface area contributed by atoms with Gasteiger partial charge in [0.1, 0.15) is 12.4 Å². The van der Waals surface area contributed by atoms with Crippen LogP contribution in [-0.2, 0) is 14.3 Å². The molecule has 1 atom stereocenters. The van der Waals surface area contributed by atoms with Gasteiger partial charge in [-0.3, -0.25) is 14.5 Å². The normalized spacial score (nSPS) is 20.9. The molecule has 1 saturated carbocycles. The van der Waals surface area contributed by atoms with Gasteiger partial charge >= 0.3 is 0 Å². The van der Waals surface area contributed by atoms with Crippen LogP contribution in [0.15, 0.2) is 46.9 Å². The third kappa shape index (κ3) is 5.21. The average molecular weight is 485 g/mol. The molecule has 1 aliphatic carbocycles. The molecular formula is C25H29FN4O3S. The first-order valence-corrected chi connectivity index (χ1v) is 12.7. The number of carbonyl (C=O) groups excluding carboxylic acids is 2. The summed E-state index contributed by atoms with van der Waals surface area (Å²) in [6, 6.07) is 9.90. The number of thiophene rings is 1. The number of hydrogen-bond donors (Lipinski definition) is 0. The Morgan fingerprint density at radius 1 is 1.15 bits per heavy atom.